The van der Waals surface area contributed by atoms with Crippen LogP contribution in [0.3, 0.4) is 0 Å². The number of aryl methyl sites for hydroxylation is 1. The zero-order valence-corrected chi connectivity index (χ0v) is 11.0. The molecule has 2 aromatic heterocycles. The molecule has 0 radical (unpaired) electrons. The number of nitriles is 1. The lowest BCUT2D eigenvalue weighted by atomic mass is 10.2. The van der Waals surface area contributed by atoms with Gasteiger partial charge in [0.05, 0.1) is 19.3 Å². The largest absolute Gasteiger partial charge is 0.449 e. The molecule has 1 aliphatic rings. The van der Waals surface area contributed by atoms with E-state index in [2.05, 4.69) is 11.1 Å². The molecule has 1 amide bonds. The first kappa shape index (κ1) is 12.6. The van der Waals surface area contributed by atoms with E-state index in [-0.39, 0.29) is 18.3 Å². The van der Waals surface area contributed by atoms with Gasteiger partial charge in [-0.2, -0.15) is 5.26 Å². The molecule has 6 heteroatoms. The average molecular weight is 271 g/mol. The maximum absolute atomic E-state index is 12.4. The zero-order valence-electron chi connectivity index (χ0n) is 11.0. The van der Waals surface area contributed by atoms with Crippen molar-refractivity contribution in [3.05, 3.63) is 29.7 Å². The number of rotatable bonds is 1. The van der Waals surface area contributed by atoms with Gasteiger partial charge in [-0.05, 0) is 19.1 Å². The van der Waals surface area contributed by atoms with Crippen LogP contribution in [0.5, 0.6) is 0 Å². The number of furan rings is 1. The highest BCUT2D eigenvalue weighted by atomic mass is 16.5. The smallest absolute Gasteiger partial charge is 0.290 e. The summed E-state index contributed by atoms with van der Waals surface area (Å²) in [5.41, 5.74) is 2.08. The van der Waals surface area contributed by atoms with E-state index >= 15 is 0 Å². The molecule has 0 aromatic carbocycles. The minimum atomic E-state index is -0.570. The van der Waals surface area contributed by atoms with Crippen molar-refractivity contribution in [3.63, 3.8) is 0 Å². The summed E-state index contributed by atoms with van der Waals surface area (Å²) in [6.45, 7) is 2.93. The van der Waals surface area contributed by atoms with Crippen LogP contribution in [0, 0.1) is 18.3 Å². The van der Waals surface area contributed by atoms with Gasteiger partial charge >= 0.3 is 0 Å². The molecular formula is C14H13N3O3. The highest BCUT2D eigenvalue weighted by Gasteiger charge is 2.30. The number of carbonyl (C=O) groups excluding carboxylic acids is 1. The van der Waals surface area contributed by atoms with Crippen molar-refractivity contribution in [2.75, 3.05) is 19.8 Å². The molecule has 6 nitrogen and oxygen atoms in total. The molecular weight excluding hydrogens is 258 g/mol. The van der Waals surface area contributed by atoms with E-state index in [0.29, 0.717) is 24.3 Å². The second-order valence-corrected chi connectivity index (χ2v) is 4.67. The van der Waals surface area contributed by atoms with Gasteiger partial charge in [-0.15, -0.1) is 0 Å². The number of carbonyl (C=O) groups is 1. The molecule has 2 aromatic rings. The number of fused-ring (bicyclic) bond motifs is 1. The van der Waals surface area contributed by atoms with Crippen molar-refractivity contribution in [1.29, 1.82) is 5.26 Å². The predicted molar refractivity (Wildman–Crippen MR) is 70.0 cm³/mol. The molecule has 1 unspecified atom stereocenters. The fourth-order valence-corrected chi connectivity index (χ4v) is 2.23. The second kappa shape index (κ2) is 4.94. The Hall–Kier alpha value is -2.39. The second-order valence-electron chi connectivity index (χ2n) is 4.67. The molecule has 3 heterocycles. The summed E-state index contributed by atoms with van der Waals surface area (Å²) < 4.78 is 10.7. The highest BCUT2D eigenvalue weighted by Crippen LogP contribution is 2.20. The number of ether oxygens (including phenoxy) is 1. The van der Waals surface area contributed by atoms with E-state index in [1.807, 2.05) is 13.0 Å². The number of amides is 1. The van der Waals surface area contributed by atoms with Crippen molar-refractivity contribution in [1.82, 2.24) is 9.88 Å². The Morgan fingerprint density at radius 1 is 1.55 bits per heavy atom. The van der Waals surface area contributed by atoms with E-state index in [9.17, 15) is 4.79 Å². The summed E-state index contributed by atoms with van der Waals surface area (Å²) >= 11 is 0. The van der Waals surface area contributed by atoms with Crippen LogP contribution in [0.2, 0.25) is 0 Å². The third-order valence-corrected chi connectivity index (χ3v) is 3.26. The van der Waals surface area contributed by atoms with Gasteiger partial charge in [-0.1, -0.05) is 0 Å². The summed E-state index contributed by atoms with van der Waals surface area (Å²) in [7, 11) is 0. The topological polar surface area (TPSA) is 79.4 Å². The van der Waals surface area contributed by atoms with Crippen LogP contribution in [0.4, 0.5) is 0 Å². The minimum Gasteiger partial charge on any atom is -0.449 e. The molecule has 1 aliphatic heterocycles. The van der Waals surface area contributed by atoms with Crippen LogP contribution < -0.4 is 0 Å². The number of hydrogen-bond donors (Lipinski definition) is 0. The Morgan fingerprint density at radius 3 is 3.20 bits per heavy atom. The fraction of sp³-hybridized carbons (Fsp3) is 0.357. The van der Waals surface area contributed by atoms with Crippen LogP contribution in [0.1, 0.15) is 16.2 Å². The molecule has 0 spiro atoms. The van der Waals surface area contributed by atoms with E-state index < -0.39 is 6.04 Å². The van der Waals surface area contributed by atoms with Crippen molar-refractivity contribution >= 4 is 17.0 Å². The Labute approximate surface area is 115 Å². The van der Waals surface area contributed by atoms with Gasteiger partial charge in [0.1, 0.15) is 11.6 Å². The lowest BCUT2D eigenvalue weighted by Gasteiger charge is -2.30. The third-order valence-electron chi connectivity index (χ3n) is 3.26. The van der Waals surface area contributed by atoms with E-state index in [4.69, 9.17) is 14.4 Å². The first-order valence-corrected chi connectivity index (χ1v) is 6.34. The van der Waals surface area contributed by atoms with Crippen molar-refractivity contribution < 1.29 is 13.9 Å². The van der Waals surface area contributed by atoms with Gasteiger partial charge in [-0.3, -0.25) is 4.79 Å². The van der Waals surface area contributed by atoms with E-state index in [1.165, 1.54) is 4.90 Å². The number of pyridine rings is 1. The molecule has 0 saturated carbocycles. The number of nitrogens with zero attached hydrogens (tertiary/aromatic N) is 3. The summed E-state index contributed by atoms with van der Waals surface area (Å²) in [4.78, 5) is 18.2. The summed E-state index contributed by atoms with van der Waals surface area (Å²) in [5, 5.41) is 9.07. The lowest BCUT2D eigenvalue weighted by molar-refractivity contribution is 0.0116. The number of hydrogen-bond acceptors (Lipinski definition) is 5. The first-order chi connectivity index (χ1) is 9.69. The summed E-state index contributed by atoms with van der Waals surface area (Å²) in [6, 6.07) is 6.73. The van der Waals surface area contributed by atoms with E-state index in [0.717, 1.165) is 5.69 Å². The van der Waals surface area contributed by atoms with Gasteiger partial charge in [-0.25, -0.2) is 4.98 Å². The minimum absolute atomic E-state index is 0.209. The highest BCUT2D eigenvalue weighted by molar-refractivity contribution is 5.95. The van der Waals surface area contributed by atoms with Gasteiger partial charge in [0.2, 0.25) is 0 Å². The van der Waals surface area contributed by atoms with Crippen LogP contribution in [0.15, 0.2) is 22.6 Å². The quantitative estimate of drug-likeness (QED) is 0.785. The van der Waals surface area contributed by atoms with Crippen LogP contribution in [0.25, 0.3) is 11.1 Å². The molecule has 1 atom stereocenters. The van der Waals surface area contributed by atoms with E-state index in [1.54, 1.807) is 12.1 Å². The molecule has 1 fully saturated rings. The van der Waals surface area contributed by atoms with Crippen molar-refractivity contribution in [2.45, 2.75) is 13.0 Å². The maximum Gasteiger partial charge on any atom is 0.290 e. The first-order valence-electron chi connectivity index (χ1n) is 6.34. The molecule has 0 N–H and O–H groups in total. The Bertz CT molecular complexity index is 701. The van der Waals surface area contributed by atoms with Crippen LogP contribution in [-0.4, -0.2) is 41.6 Å². The third kappa shape index (κ3) is 2.12. The number of aromatic nitrogens is 1. The molecule has 1 saturated heterocycles. The molecule has 0 aliphatic carbocycles. The van der Waals surface area contributed by atoms with Crippen molar-refractivity contribution in [2.24, 2.45) is 0 Å². The Kier molecular flexibility index (Phi) is 3.12. The Morgan fingerprint density at radius 2 is 2.40 bits per heavy atom. The average Bonchev–Trinajstić information content (AvgIpc) is 2.89. The molecule has 0 bridgehead atoms. The SMILES string of the molecule is Cc1ccc2oc(C(=O)N3CCOCC3C#N)cc2n1. The monoisotopic (exact) mass is 271 g/mol. The van der Waals surface area contributed by atoms with Crippen LogP contribution in [-0.2, 0) is 4.74 Å². The zero-order chi connectivity index (χ0) is 14.1. The fourth-order valence-electron chi connectivity index (χ4n) is 2.23. The lowest BCUT2D eigenvalue weighted by Crippen LogP contribution is -2.47. The van der Waals surface area contributed by atoms with Gasteiger partial charge in [0, 0.05) is 18.3 Å². The van der Waals surface area contributed by atoms with Crippen LogP contribution >= 0.6 is 0 Å². The molecule has 3 rings (SSSR count). The molecule has 102 valence electrons. The predicted octanol–water partition coefficient (Wildman–Crippen LogP) is 1.50. The standard InChI is InChI=1S/C14H13N3O3/c1-9-2-3-12-11(16-9)6-13(20-12)14(18)17-4-5-19-8-10(17)7-15/h2-3,6,10H,4-5,8H2,1H3. The maximum atomic E-state index is 12.4. The van der Waals surface area contributed by atoms with Gasteiger partial charge in [0.15, 0.2) is 11.3 Å². The number of morpholine rings is 1. The van der Waals surface area contributed by atoms with Crippen molar-refractivity contribution in [3.8, 4) is 6.07 Å². The molecule has 20 heavy (non-hydrogen) atoms. The summed E-state index contributed by atoms with van der Waals surface area (Å²) in [6.07, 6.45) is 0. The van der Waals surface area contributed by atoms with Gasteiger partial charge < -0.3 is 14.1 Å². The Balaban J connectivity index is 1.93. The normalized spacial score (nSPS) is 19.0. The van der Waals surface area contributed by atoms with Gasteiger partial charge in [0.25, 0.3) is 5.91 Å². The summed E-state index contributed by atoms with van der Waals surface area (Å²) in [5.74, 6) is -0.0873.